The lowest BCUT2D eigenvalue weighted by Crippen LogP contribution is -2.28. The molecule has 3 aromatic heterocycles. The summed E-state index contributed by atoms with van der Waals surface area (Å²) in [5.74, 6) is 0.639. The number of nitrogens with zero attached hydrogens (tertiary/aromatic N) is 5. The van der Waals surface area contributed by atoms with Gasteiger partial charge in [-0.1, -0.05) is 12.8 Å². The van der Waals surface area contributed by atoms with E-state index in [1.807, 2.05) is 0 Å². The number of aliphatic hydroxyl groups is 1. The Hall–Kier alpha value is -2.94. The third-order valence-electron chi connectivity index (χ3n) is 4.41. The number of aromatic nitrogens is 5. The quantitative estimate of drug-likeness (QED) is 0.656. The summed E-state index contributed by atoms with van der Waals surface area (Å²) in [5.41, 5.74) is 6.51. The van der Waals surface area contributed by atoms with Gasteiger partial charge in [-0.25, -0.2) is 19.6 Å². The van der Waals surface area contributed by atoms with Crippen LogP contribution in [0.2, 0.25) is 0 Å². The molecule has 0 aliphatic heterocycles. The van der Waals surface area contributed by atoms with E-state index in [2.05, 4.69) is 20.1 Å². The first-order valence-corrected chi connectivity index (χ1v) is 8.13. The van der Waals surface area contributed by atoms with Crippen molar-refractivity contribution in [1.29, 1.82) is 0 Å². The van der Waals surface area contributed by atoms with Crippen LogP contribution in [0, 0.1) is 0 Å². The zero-order valence-electron chi connectivity index (χ0n) is 13.4. The van der Waals surface area contributed by atoms with Crippen LogP contribution >= 0.6 is 0 Å². The number of hydrogen-bond acceptors (Lipinski definition) is 8. The van der Waals surface area contributed by atoms with Crippen LogP contribution in [0.15, 0.2) is 24.7 Å². The van der Waals surface area contributed by atoms with E-state index < -0.39 is 6.10 Å². The van der Waals surface area contributed by atoms with Gasteiger partial charge >= 0.3 is 0 Å². The molecule has 0 bridgehead atoms. The number of ether oxygens (including phenoxy) is 1. The van der Waals surface area contributed by atoms with Gasteiger partial charge in [0, 0.05) is 12.3 Å². The minimum Gasteiger partial charge on any atom is -0.508 e. The fourth-order valence-electron chi connectivity index (χ4n) is 3.20. The standard InChI is InChI=1S/C16H18N6O3/c17-14-13-15(20-8-19-14)22(10-3-1-2-4-11(10)24)21-16(13)25-12-7-9(23)5-6-18-12/h5-8,10-11,24H,1-4H2,(H,18,23)(H2,17,19,20)/t10-,11-/m0/s1. The molecule has 0 unspecified atom stereocenters. The van der Waals surface area contributed by atoms with Crippen molar-refractivity contribution >= 4 is 16.9 Å². The minimum atomic E-state index is -0.500. The Bertz CT molecular complexity index is 912. The molecule has 0 radical (unpaired) electrons. The first kappa shape index (κ1) is 15.6. The van der Waals surface area contributed by atoms with Crippen LogP contribution in [0.25, 0.3) is 11.0 Å². The molecule has 4 rings (SSSR count). The zero-order valence-corrected chi connectivity index (χ0v) is 13.4. The molecule has 4 N–H and O–H groups in total. The Morgan fingerprint density at radius 3 is 2.84 bits per heavy atom. The molecule has 0 aromatic carbocycles. The average Bonchev–Trinajstić information content (AvgIpc) is 2.95. The van der Waals surface area contributed by atoms with E-state index in [1.54, 1.807) is 4.68 Å². The number of hydrogen-bond donors (Lipinski definition) is 3. The number of aromatic hydroxyl groups is 1. The Morgan fingerprint density at radius 1 is 1.20 bits per heavy atom. The predicted octanol–water partition coefficient (Wildman–Crippen LogP) is 1.78. The second-order valence-electron chi connectivity index (χ2n) is 6.08. The van der Waals surface area contributed by atoms with E-state index in [-0.39, 0.29) is 29.4 Å². The van der Waals surface area contributed by atoms with Crippen molar-refractivity contribution in [2.45, 2.75) is 37.8 Å². The molecular weight excluding hydrogens is 324 g/mol. The van der Waals surface area contributed by atoms with Gasteiger partial charge in [-0.3, -0.25) is 0 Å². The summed E-state index contributed by atoms with van der Waals surface area (Å²) in [5, 5.41) is 24.9. The second-order valence-corrected chi connectivity index (χ2v) is 6.08. The maximum Gasteiger partial charge on any atom is 0.253 e. The monoisotopic (exact) mass is 342 g/mol. The molecule has 2 atom stereocenters. The number of fused-ring (bicyclic) bond motifs is 1. The van der Waals surface area contributed by atoms with E-state index >= 15 is 0 Å². The summed E-state index contributed by atoms with van der Waals surface area (Å²) in [7, 11) is 0. The summed E-state index contributed by atoms with van der Waals surface area (Å²) in [6.07, 6.45) is 5.80. The summed E-state index contributed by atoms with van der Waals surface area (Å²) >= 11 is 0. The highest BCUT2D eigenvalue weighted by molar-refractivity contribution is 5.90. The van der Waals surface area contributed by atoms with Crippen LogP contribution in [-0.4, -0.2) is 41.0 Å². The zero-order chi connectivity index (χ0) is 17.4. The maximum atomic E-state index is 10.4. The lowest BCUT2D eigenvalue weighted by molar-refractivity contribution is 0.0708. The van der Waals surface area contributed by atoms with E-state index in [4.69, 9.17) is 10.5 Å². The van der Waals surface area contributed by atoms with Crippen LogP contribution in [0.3, 0.4) is 0 Å². The molecule has 130 valence electrons. The minimum absolute atomic E-state index is 0.0284. The van der Waals surface area contributed by atoms with Gasteiger partial charge in [-0.05, 0) is 18.9 Å². The Kier molecular flexibility index (Phi) is 3.85. The molecule has 9 nitrogen and oxygen atoms in total. The number of nitrogens with two attached hydrogens (primary N) is 1. The van der Waals surface area contributed by atoms with Crippen molar-refractivity contribution in [2.24, 2.45) is 0 Å². The molecule has 0 spiro atoms. The maximum absolute atomic E-state index is 10.4. The van der Waals surface area contributed by atoms with Gasteiger partial charge in [0.2, 0.25) is 5.88 Å². The first-order chi connectivity index (χ1) is 12.1. The molecule has 9 heteroatoms. The fraction of sp³-hybridized carbons (Fsp3) is 0.375. The molecule has 3 aromatic rings. The van der Waals surface area contributed by atoms with Crippen LogP contribution in [-0.2, 0) is 0 Å². The van der Waals surface area contributed by atoms with Gasteiger partial charge in [-0.15, -0.1) is 5.10 Å². The molecule has 1 aliphatic carbocycles. The van der Waals surface area contributed by atoms with Crippen molar-refractivity contribution in [3.05, 3.63) is 24.7 Å². The molecule has 1 saturated carbocycles. The highest BCUT2D eigenvalue weighted by atomic mass is 16.5. The summed E-state index contributed by atoms with van der Waals surface area (Å²) in [4.78, 5) is 12.3. The predicted molar refractivity (Wildman–Crippen MR) is 89.2 cm³/mol. The summed E-state index contributed by atoms with van der Waals surface area (Å²) in [6, 6.07) is 2.62. The highest BCUT2D eigenvalue weighted by Gasteiger charge is 2.29. The van der Waals surface area contributed by atoms with Crippen LogP contribution in [0.1, 0.15) is 31.7 Å². The summed E-state index contributed by atoms with van der Waals surface area (Å²) < 4.78 is 7.38. The van der Waals surface area contributed by atoms with Crippen molar-refractivity contribution in [2.75, 3.05) is 5.73 Å². The number of rotatable bonds is 3. The lowest BCUT2D eigenvalue weighted by atomic mass is 9.93. The topological polar surface area (TPSA) is 132 Å². The molecular formula is C16H18N6O3. The van der Waals surface area contributed by atoms with Gasteiger partial charge in [0.1, 0.15) is 23.3 Å². The molecule has 25 heavy (non-hydrogen) atoms. The molecule has 1 aliphatic rings. The van der Waals surface area contributed by atoms with Gasteiger partial charge in [-0.2, -0.15) is 0 Å². The smallest absolute Gasteiger partial charge is 0.253 e. The normalized spacial score (nSPS) is 20.7. The molecule has 0 saturated heterocycles. The Labute approximate surface area is 143 Å². The van der Waals surface area contributed by atoms with Crippen LogP contribution in [0.4, 0.5) is 5.82 Å². The van der Waals surface area contributed by atoms with Crippen molar-refractivity contribution in [3.8, 4) is 17.5 Å². The van der Waals surface area contributed by atoms with Crippen molar-refractivity contribution in [3.63, 3.8) is 0 Å². The summed E-state index contributed by atoms with van der Waals surface area (Å²) in [6.45, 7) is 0. The molecule has 1 fully saturated rings. The van der Waals surface area contributed by atoms with Gasteiger partial charge in [0.25, 0.3) is 5.88 Å². The first-order valence-electron chi connectivity index (χ1n) is 8.13. The van der Waals surface area contributed by atoms with Gasteiger partial charge in [0.15, 0.2) is 5.65 Å². The van der Waals surface area contributed by atoms with Crippen molar-refractivity contribution < 1.29 is 14.9 Å². The van der Waals surface area contributed by atoms with E-state index in [9.17, 15) is 10.2 Å². The third-order valence-corrected chi connectivity index (χ3v) is 4.41. The highest BCUT2D eigenvalue weighted by Crippen LogP contribution is 2.36. The van der Waals surface area contributed by atoms with Crippen LogP contribution in [0.5, 0.6) is 17.5 Å². The van der Waals surface area contributed by atoms with Gasteiger partial charge in [0.05, 0.1) is 12.1 Å². The Morgan fingerprint density at radius 2 is 2.04 bits per heavy atom. The third kappa shape index (κ3) is 2.82. The van der Waals surface area contributed by atoms with E-state index in [1.165, 1.54) is 24.7 Å². The fourth-order valence-corrected chi connectivity index (χ4v) is 3.20. The second kappa shape index (κ2) is 6.17. The number of pyridine rings is 1. The number of anilines is 1. The van der Waals surface area contributed by atoms with E-state index in [0.29, 0.717) is 11.0 Å². The number of nitrogen functional groups attached to an aromatic ring is 1. The Balaban J connectivity index is 1.81. The average molecular weight is 342 g/mol. The largest absolute Gasteiger partial charge is 0.508 e. The molecule has 0 amide bonds. The SMILES string of the molecule is Nc1ncnc2c1c(Oc1cc(O)ccn1)nn2[C@H]1CCCC[C@@H]1O. The van der Waals surface area contributed by atoms with Crippen molar-refractivity contribution in [1.82, 2.24) is 24.7 Å². The molecule has 3 heterocycles. The number of aliphatic hydroxyl groups excluding tert-OH is 1. The van der Waals surface area contributed by atoms with Crippen LogP contribution < -0.4 is 10.5 Å². The lowest BCUT2D eigenvalue weighted by Gasteiger charge is -2.27. The van der Waals surface area contributed by atoms with E-state index in [0.717, 1.165) is 25.7 Å². The van der Waals surface area contributed by atoms with Gasteiger partial charge < -0.3 is 20.7 Å².